The lowest BCUT2D eigenvalue weighted by atomic mass is 10.1. The molecule has 1 amide bonds. The topological polar surface area (TPSA) is 38.3 Å². The summed E-state index contributed by atoms with van der Waals surface area (Å²) in [4.78, 5) is 11.4. The summed E-state index contributed by atoms with van der Waals surface area (Å²) in [6.45, 7) is 10.9. The fraction of sp³-hybridized carbons (Fsp3) is 0.833. The third-order valence-corrected chi connectivity index (χ3v) is 3.70. The Balaban J connectivity index is 0. The lowest BCUT2D eigenvalue weighted by Crippen LogP contribution is -3.00. The van der Waals surface area contributed by atoms with Crippen molar-refractivity contribution in [2.45, 2.75) is 58.8 Å². The van der Waals surface area contributed by atoms with E-state index in [1.807, 2.05) is 0 Å². The molecule has 0 aromatic rings. The summed E-state index contributed by atoms with van der Waals surface area (Å²) in [6.07, 6.45) is 8.73. The highest BCUT2D eigenvalue weighted by Crippen LogP contribution is 2.06. The second-order valence-electron chi connectivity index (χ2n) is 6.85. The van der Waals surface area contributed by atoms with E-state index in [1.54, 1.807) is 6.92 Å². The van der Waals surface area contributed by atoms with Crippen LogP contribution in [0.15, 0.2) is 12.2 Å². The molecule has 0 aromatic heterocycles. The van der Waals surface area contributed by atoms with Crippen molar-refractivity contribution in [2.24, 2.45) is 0 Å². The second-order valence-corrected chi connectivity index (χ2v) is 6.85. The number of ether oxygens (including phenoxy) is 1. The number of rotatable bonds is 14. The highest BCUT2D eigenvalue weighted by Gasteiger charge is 2.14. The van der Waals surface area contributed by atoms with Crippen molar-refractivity contribution >= 4 is 5.91 Å². The van der Waals surface area contributed by atoms with Gasteiger partial charge in [-0.1, -0.05) is 45.6 Å². The van der Waals surface area contributed by atoms with E-state index in [-0.39, 0.29) is 18.3 Å². The van der Waals surface area contributed by atoms with Crippen LogP contribution in [0.25, 0.3) is 0 Å². The fourth-order valence-corrected chi connectivity index (χ4v) is 2.22. The first kappa shape index (κ1) is 24.7. The largest absolute Gasteiger partial charge is 1.00 e. The molecule has 0 heterocycles. The monoisotopic (exact) mass is 348 g/mol. The zero-order valence-corrected chi connectivity index (χ0v) is 16.4. The second kappa shape index (κ2) is 15.0. The first-order valence-corrected chi connectivity index (χ1v) is 8.72. The van der Waals surface area contributed by atoms with Gasteiger partial charge in [0.15, 0.2) is 6.73 Å². The Morgan fingerprint density at radius 2 is 1.70 bits per heavy atom. The maximum absolute atomic E-state index is 11.4. The summed E-state index contributed by atoms with van der Waals surface area (Å²) in [6, 6.07) is 0. The van der Waals surface area contributed by atoms with Crippen molar-refractivity contribution in [3.8, 4) is 0 Å². The summed E-state index contributed by atoms with van der Waals surface area (Å²) in [5.74, 6) is -0.0513. The van der Waals surface area contributed by atoms with Gasteiger partial charge in [0.25, 0.3) is 0 Å². The minimum absolute atomic E-state index is 0. The average molecular weight is 349 g/mol. The average Bonchev–Trinajstić information content (AvgIpc) is 2.46. The summed E-state index contributed by atoms with van der Waals surface area (Å²) in [5, 5.41) is 2.87. The molecule has 0 spiro atoms. The Morgan fingerprint density at radius 3 is 2.30 bits per heavy atom. The number of nitrogens with one attached hydrogen (secondary N) is 1. The highest BCUT2D eigenvalue weighted by atomic mass is 35.5. The molecule has 4 nitrogen and oxygen atoms in total. The minimum atomic E-state index is -0.0513. The van der Waals surface area contributed by atoms with Gasteiger partial charge in [-0.25, -0.2) is 0 Å². The third kappa shape index (κ3) is 16.1. The summed E-state index contributed by atoms with van der Waals surface area (Å²) in [5.41, 5.74) is 0.566. The zero-order valence-electron chi connectivity index (χ0n) is 15.6. The van der Waals surface area contributed by atoms with Crippen molar-refractivity contribution in [1.82, 2.24) is 5.32 Å². The van der Waals surface area contributed by atoms with Crippen molar-refractivity contribution in [3.63, 3.8) is 0 Å². The van der Waals surface area contributed by atoms with Gasteiger partial charge < -0.3 is 26.9 Å². The van der Waals surface area contributed by atoms with Crippen LogP contribution in [0, 0.1) is 0 Å². The third-order valence-electron chi connectivity index (χ3n) is 3.70. The van der Waals surface area contributed by atoms with E-state index >= 15 is 0 Å². The molecule has 5 heteroatoms. The molecule has 1 N–H and O–H groups in total. The lowest BCUT2D eigenvalue weighted by molar-refractivity contribution is -0.909. The van der Waals surface area contributed by atoms with Crippen LogP contribution in [0.2, 0.25) is 0 Å². The number of quaternary nitrogens is 1. The predicted octanol–water partition coefficient (Wildman–Crippen LogP) is 0.484. The van der Waals surface area contributed by atoms with Crippen LogP contribution in [-0.2, 0) is 9.53 Å². The van der Waals surface area contributed by atoms with Crippen molar-refractivity contribution in [2.75, 3.05) is 40.5 Å². The van der Waals surface area contributed by atoms with E-state index in [4.69, 9.17) is 4.74 Å². The van der Waals surface area contributed by atoms with Crippen LogP contribution >= 0.6 is 0 Å². The van der Waals surface area contributed by atoms with E-state index in [0.29, 0.717) is 12.1 Å². The Kier molecular flexibility index (Phi) is 16.1. The van der Waals surface area contributed by atoms with Crippen LogP contribution < -0.4 is 17.7 Å². The number of carbonyl (C=O) groups excluding carboxylic acids is 1. The smallest absolute Gasteiger partial charge is 0.246 e. The molecule has 0 rings (SSSR count). The number of halogens is 1. The standard InChI is InChI=1S/C18H36N2O2.ClH/c1-6-7-8-9-10-11-15-22-16-20(4,5)14-12-13-19-18(21)17(2)3;/h2,6-16H2,1,3-5H3;1H. The molecule has 0 aliphatic rings. The van der Waals surface area contributed by atoms with Crippen LogP contribution in [0.4, 0.5) is 0 Å². The molecule has 138 valence electrons. The number of hydrogen-bond acceptors (Lipinski definition) is 2. The van der Waals surface area contributed by atoms with E-state index in [9.17, 15) is 4.79 Å². The first-order valence-electron chi connectivity index (χ1n) is 8.72. The van der Waals surface area contributed by atoms with E-state index in [0.717, 1.165) is 30.8 Å². The van der Waals surface area contributed by atoms with Crippen molar-refractivity contribution in [3.05, 3.63) is 12.2 Å². The first-order chi connectivity index (χ1) is 10.4. The maximum atomic E-state index is 11.4. The minimum Gasteiger partial charge on any atom is -1.00 e. The molecule has 0 bridgehead atoms. The van der Waals surface area contributed by atoms with Gasteiger partial charge in [0.1, 0.15) is 0 Å². The molecule has 0 saturated heterocycles. The zero-order chi connectivity index (χ0) is 16.8. The molecule has 0 radical (unpaired) electrons. The number of amides is 1. The Morgan fingerprint density at radius 1 is 1.09 bits per heavy atom. The normalized spacial score (nSPS) is 11.0. The SMILES string of the molecule is C=C(C)C(=O)NCCC[N+](C)(C)COCCCCCCCC.[Cl-]. The predicted molar refractivity (Wildman–Crippen MR) is 93.6 cm³/mol. The number of unbranched alkanes of at least 4 members (excludes halogenated alkanes) is 5. The summed E-state index contributed by atoms with van der Waals surface area (Å²) < 4.78 is 6.62. The molecule has 0 atom stereocenters. The number of nitrogens with zero attached hydrogens (tertiary/aromatic N) is 1. The van der Waals surface area contributed by atoms with E-state index in [2.05, 4.69) is 32.9 Å². The van der Waals surface area contributed by atoms with Crippen molar-refractivity contribution in [1.29, 1.82) is 0 Å². The molecule has 0 saturated carbocycles. The van der Waals surface area contributed by atoms with E-state index < -0.39 is 0 Å². The highest BCUT2D eigenvalue weighted by molar-refractivity contribution is 5.91. The molecular weight excluding hydrogens is 312 g/mol. The summed E-state index contributed by atoms with van der Waals surface area (Å²) >= 11 is 0. The van der Waals surface area contributed by atoms with Crippen LogP contribution in [-0.4, -0.2) is 50.9 Å². The van der Waals surface area contributed by atoms with Gasteiger partial charge in [-0.05, 0) is 13.3 Å². The molecule has 0 aliphatic carbocycles. The van der Waals surface area contributed by atoms with Gasteiger partial charge in [0.05, 0.1) is 27.2 Å². The fourth-order valence-electron chi connectivity index (χ4n) is 2.22. The van der Waals surface area contributed by atoms with Gasteiger partial charge in [-0.2, -0.15) is 0 Å². The van der Waals surface area contributed by atoms with E-state index in [1.165, 1.54) is 38.5 Å². The lowest BCUT2D eigenvalue weighted by Gasteiger charge is -2.29. The number of hydrogen-bond donors (Lipinski definition) is 1. The number of carbonyl (C=O) groups is 1. The molecule has 0 fully saturated rings. The molecular formula is C18H37ClN2O2. The van der Waals surface area contributed by atoms with Crippen LogP contribution in [0.3, 0.4) is 0 Å². The molecule has 0 aromatic carbocycles. The van der Waals surface area contributed by atoms with Gasteiger partial charge in [-0.15, -0.1) is 0 Å². The Bertz CT molecular complexity index is 320. The van der Waals surface area contributed by atoms with Gasteiger partial charge in [0.2, 0.25) is 5.91 Å². The van der Waals surface area contributed by atoms with Gasteiger partial charge >= 0.3 is 0 Å². The maximum Gasteiger partial charge on any atom is 0.246 e. The summed E-state index contributed by atoms with van der Waals surface area (Å²) in [7, 11) is 4.34. The molecule has 0 unspecified atom stereocenters. The Hall–Kier alpha value is -0.580. The molecule has 23 heavy (non-hydrogen) atoms. The van der Waals surface area contributed by atoms with Gasteiger partial charge in [0, 0.05) is 18.5 Å². The Labute approximate surface area is 149 Å². The van der Waals surface area contributed by atoms with Crippen LogP contribution in [0.5, 0.6) is 0 Å². The van der Waals surface area contributed by atoms with Crippen molar-refractivity contribution < 1.29 is 26.4 Å². The van der Waals surface area contributed by atoms with Gasteiger partial charge in [-0.3, -0.25) is 4.79 Å². The van der Waals surface area contributed by atoms with Crippen LogP contribution in [0.1, 0.15) is 58.8 Å². The quantitative estimate of drug-likeness (QED) is 0.215. The molecule has 0 aliphatic heterocycles.